The van der Waals surface area contributed by atoms with Gasteiger partial charge >= 0.3 is 0 Å². The number of hydrogen-bond acceptors (Lipinski definition) is 3. The van der Waals surface area contributed by atoms with E-state index in [0.29, 0.717) is 5.92 Å². The molecule has 3 heteroatoms. The molecule has 1 aliphatic rings. The van der Waals surface area contributed by atoms with Crippen molar-refractivity contribution in [3.63, 3.8) is 0 Å². The van der Waals surface area contributed by atoms with E-state index in [1.807, 2.05) is 13.1 Å². The molecule has 0 bridgehead atoms. The summed E-state index contributed by atoms with van der Waals surface area (Å²) >= 11 is 0. The molecule has 0 spiro atoms. The minimum Gasteiger partial charge on any atom is -0.381 e. The number of rotatable bonds is 1. The summed E-state index contributed by atoms with van der Waals surface area (Å²) in [5.41, 5.74) is 2.43. The number of aryl methyl sites for hydroxylation is 2. The van der Waals surface area contributed by atoms with Crippen molar-refractivity contribution in [1.82, 2.24) is 9.97 Å². The van der Waals surface area contributed by atoms with E-state index < -0.39 is 0 Å². The third-order valence-corrected chi connectivity index (χ3v) is 2.74. The number of nitrogens with zero attached hydrogens (tertiary/aromatic N) is 2. The molecule has 2 rings (SSSR count). The molecule has 0 amide bonds. The lowest BCUT2D eigenvalue weighted by Crippen LogP contribution is -2.16. The van der Waals surface area contributed by atoms with Crippen molar-refractivity contribution < 1.29 is 4.74 Å². The molecule has 1 fully saturated rings. The topological polar surface area (TPSA) is 35.0 Å². The van der Waals surface area contributed by atoms with Crippen molar-refractivity contribution in [2.45, 2.75) is 32.6 Å². The molecular weight excluding hydrogens is 176 g/mol. The maximum atomic E-state index is 5.35. The highest BCUT2D eigenvalue weighted by molar-refractivity contribution is 5.20. The minimum atomic E-state index is 0.574. The van der Waals surface area contributed by atoms with Crippen LogP contribution in [0.3, 0.4) is 0 Å². The fourth-order valence-corrected chi connectivity index (χ4v) is 1.93. The van der Waals surface area contributed by atoms with Crippen molar-refractivity contribution in [1.29, 1.82) is 0 Å². The fourth-order valence-electron chi connectivity index (χ4n) is 1.93. The summed E-state index contributed by atoms with van der Waals surface area (Å²) in [5, 5.41) is 0. The van der Waals surface area contributed by atoms with Gasteiger partial charge in [-0.25, -0.2) is 9.97 Å². The molecule has 0 aromatic carbocycles. The fraction of sp³-hybridized carbons (Fsp3) is 0.636. The predicted octanol–water partition coefficient (Wildman–Crippen LogP) is 1.99. The van der Waals surface area contributed by atoms with Crippen LogP contribution in [0.2, 0.25) is 0 Å². The van der Waals surface area contributed by atoms with E-state index in [1.165, 1.54) is 11.3 Å². The van der Waals surface area contributed by atoms with E-state index in [2.05, 4.69) is 16.9 Å². The molecule has 1 saturated heterocycles. The molecule has 0 N–H and O–H groups in total. The quantitative estimate of drug-likeness (QED) is 0.682. The Balaban J connectivity index is 2.24. The first kappa shape index (κ1) is 9.59. The van der Waals surface area contributed by atoms with Crippen molar-refractivity contribution in [3.05, 3.63) is 23.3 Å². The third kappa shape index (κ3) is 1.93. The molecule has 0 atom stereocenters. The van der Waals surface area contributed by atoms with Crippen LogP contribution in [0.5, 0.6) is 0 Å². The van der Waals surface area contributed by atoms with Gasteiger partial charge in [0, 0.05) is 25.3 Å². The second-order valence-electron chi connectivity index (χ2n) is 3.87. The van der Waals surface area contributed by atoms with Crippen LogP contribution in [-0.2, 0) is 4.74 Å². The maximum absolute atomic E-state index is 5.35. The predicted molar refractivity (Wildman–Crippen MR) is 54.3 cm³/mol. The summed E-state index contributed by atoms with van der Waals surface area (Å²) in [7, 11) is 0. The SMILES string of the molecule is Cc1ncc(C)c(C2CCOCC2)n1. The normalized spacial score (nSPS) is 18.4. The van der Waals surface area contributed by atoms with Crippen LogP contribution < -0.4 is 0 Å². The zero-order valence-electron chi connectivity index (χ0n) is 8.79. The molecule has 76 valence electrons. The first-order valence-electron chi connectivity index (χ1n) is 5.15. The molecule has 3 nitrogen and oxygen atoms in total. The first-order chi connectivity index (χ1) is 6.77. The van der Waals surface area contributed by atoms with E-state index in [1.54, 1.807) is 0 Å². The van der Waals surface area contributed by atoms with Gasteiger partial charge in [-0.2, -0.15) is 0 Å². The van der Waals surface area contributed by atoms with Gasteiger partial charge < -0.3 is 4.74 Å². The van der Waals surface area contributed by atoms with Crippen molar-refractivity contribution in [3.8, 4) is 0 Å². The van der Waals surface area contributed by atoms with Crippen LogP contribution in [0.15, 0.2) is 6.20 Å². The van der Waals surface area contributed by atoms with Gasteiger partial charge in [-0.3, -0.25) is 0 Å². The smallest absolute Gasteiger partial charge is 0.125 e. The summed E-state index contributed by atoms with van der Waals surface area (Å²) in [6, 6.07) is 0. The Labute approximate surface area is 84.5 Å². The molecule has 0 radical (unpaired) electrons. The van der Waals surface area contributed by atoms with Crippen molar-refractivity contribution in [2.24, 2.45) is 0 Å². The molecule has 0 aliphatic carbocycles. The zero-order chi connectivity index (χ0) is 9.97. The monoisotopic (exact) mass is 192 g/mol. The van der Waals surface area contributed by atoms with Crippen molar-refractivity contribution >= 4 is 0 Å². The number of ether oxygens (including phenoxy) is 1. The van der Waals surface area contributed by atoms with Gasteiger partial charge in [-0.15, -0.1) is 0 Å². The van der Waals surface area contributed by atoms with E-state index in [9.17, 15) is 0 Å². The molecule has 0 unspecified atom stereocenters. The van der Waals surface area contributed by atoms with Crippen LogP contribution >= 0.6 is 0 Å². The lowest BCUT2D eigenvalue weighted by atomic mass is 9.94. The van der Waals surface area contributed by atoms with Gasteiger partial charge in [0.1, 0.15) is 5.82 Å². The Kier molecular flexibility index (Phi) is 2.77. The third-order valence-electron chi connectivity index (χ3n) is 2.74. The van der Waals surface area contributed by atoms with Crippen LogP contribution in [-0.4, -0.2) is 23.2 Å². The second-order valence-corrected chi connectivity index (χ2v) is 3.87. The lowest BCUT2D eigenvalue weighted by Gasteiger charge is -2.22. The highest BCUT2D eigenvalue weighted by Gasteiger charge is 2.19. The molecule has 1 aromatic rings. The summed E-state index contributed by atoms with van der Waals surface area (Å²) in [6.45, 7) is 5.77. The average Bonchev–Trinajstić information content (AvgIpc) is 2.23. The summed E-state index contributed by atoms with van der Waals surface area (Å²) in [5.74, 6) is 1.45. The molecule has 1 aliphatic heterocycles. The van der Waals surface area contributed by atoms with E-state index in [0.717, 1.165) is 31.9 Å². The Hall–Kier alpha value is -0.960. The average molecular weight is 192 g/mol. The van der Waals surface area contributed by atoms with Gasteiger partial charge in [-0.05, 0) is 32.3 Å². The molecule has 0 saturated carbocycles. The van der Waals surface area contributed by atoms with Crippen LogP contribution in [0, 0.1) is 13.8 Å². The Morgan fingerprint density at radius 2 is 2.00 bits per heavy atom. The first-order valence-corrected chi connectivity index (χ1v) is 5.15. The van der Waals surface area contributed by atoms with Gasteiger partial charge in [0.25, 0.3) is 0 Å². The number of hydrogen-bond donors (Lipinski definition) is 0. The molecule has 2 heterocycles. The number of aromatic nitrogens is 2. The molecule has 14 heavy (non-hydrogen) atoms. The van der Waals surface area contributed by atoms with Gasteiger partial charge in [0.2, 0.25) is 0 Å². The minimum absolute atomic E-state index is 0.574. The maximum Gasteiger partial charge on any atom is 0.125 e. The Morgan fingerprint density at radius 1 is 1.29 bits per heavy atom. The summed E-state index contributed by atoms with van der Waals surface area (Å²) in [4.78, 5) is 8.72. The highest BCUT2D eigenvalue weighted by Crippen LogP contribution is 2.27. The summed E-state index contributed by atoms with van der Waals surface area (Å²) < 4.78 is 5.35. The molecule has 1 aromatic heterocycles. The Morgan fingerprint density at radius 3 is 2.71 bits per heavy atom. The molecular formula is C11H16N2O. The van der Waals surface area contributed by atoms with Crippen LogP contribution in [0.1, 0.15) is 35.8 Å². The van der Waals surface area contributed by atoms with Crippen molar-refractivity contribution in [2.75, 3.05) is 13.2 Å². The zero-order valence-corrected chi connectivity index (χ0v) is 8.79. The lowest BCUT2D eigenvalue weighted by molar-refractivity contribution is 0.0843. The van der Waals surface area contributed by atoms with Gasteiger partial charge in [0.05, 0.1) is 5.69 Å². The standard InChI is InChI=1S/C11H16N2O/c1-8-7-12-9(2)13-11(8)10-3-5-14-6-4-10/h7,10H,3-6H2,1-2H3. The van der Waals surface area contributed by atoms with Gasteiger partial charge in [0.15, 0.2) is 0 Å². The van der Waals surface area contributed by atoms with Crippen LogP contribution in [0.4, 0.5) is 0 Å². The summed E-state index contributed by atoms with van der Waals surface area (Å²) in [6.07, 6.45) is 4.11. The van der Waals surface area contributed by atoms with E-state index in [-0.39, 0.29) is 0 Å². The largest absolute Gasteiger partial charge is 0.381 e. The Bertz CT molecular complexity index is 319. The van der Waals surface area contributed by atoms with E-state index in [4.69, 9.17) is 4.74 Å². The van der Waals surface area contributed by atoms with Gasteiger partial charge in [-0.1, -0.05) is 0 Å². The van der Waals surface area contributed by atoms with E-state index >= 15 is 0 Å². The highest BCUT2D eigenvalue weighted by atomic mass is 16.5. The second kappa shape index (κ2) is 4.05. The van der Waals surface area contributed by atoms with Crippen LogP contribution in [0.25, 0.3) is 0 Å².